The number of carbonyl (C=O) groups is 1. The van der Waals surface area contributed by atoms with Crippen LogP contribution in [0.4, 0.5) is 0 Å². The summed E-state index contributed by atoms with van der Waals surface area (Å²) in [6, 6.07) is 13.2. The zero-order chi connectivity index (χ0) is 17.1. The van der Waals surface area contributed by atoms with Crippen LogP contribution in [0.5, 0.6) is 0 Å². The zero-order valence-electron chi connectivity index (χ0n) is 13.2. The lowest BCUT2D eigenvalue weighted by atomic mass is 10.3. The summed E-state index contributed by atoms with van der Waals surface area (Å²) in [5.74, 6) is 0.436. The summed E-state index contributed by atoms with van der Waals surface area (Å²) in [6.45, 7) is 0.289. The van der Waals surface area contributed by atoms with Gasteiger partial charge in [0, 0.05) is 12.3 Å². The van der Waals surface area contributed by atoms with Crippen LogP contribution in [0.1, 0.15) is 11.5 Å². The van der Waals surface area contributed by atoms with Gasteiger partial charge >= 0.3 is 0 Å². The van der Waals surface area contributed by atoms with E-state index in [4.69, 9.17) is 0 Å². The number of nitrogens with zero attached hydrogens (tertiary/aromatic N) is 5. The number of pyridine rings is 1. The molecule has 0 aliphatic rings. The van der Waals surface area contributed by atoms with Crippen LogP contribution < -0.4 is 5.32 Å². The van der Waals surface area contributed by atoms with Crippen molar-refractivity contribution in [1.82, 2.24) is 29.9 Å². The number of benzene rings is 1. The average molecular weight is 330 g/mol. The van der Waals surface area contributed by atoms with Crippen molar-refractivity contribution in [3.63, 3.8) is 0 Å². The summed E-state index contributed by atoms with van der Waals surface area (Å²) in [5.41, 5.74) is 2.98. The molecule has 0 radical (unpaired) electrons. The van der Waals surface area contributed by atoms with Crippen molar-refractivity contribution >= 4 is 28.7 Å². The smallest absolute Gasteiger partial charge is 0.244 e. The summed E-state index contributed by atoms with van der Waals surface area (Å²) in [6.07, 6.45) is 6.56. The molecule has 0 fully saturated rings. The lowest BCUT2D eigenvalue weighted by Crippen LogP contribution is -2.21. The summed E-state index contributed by atoms with van der Waals surface area (Å²) < 4.78 is 1.83. The third-order valence-electron chi connectivity index (χ3n) is 3.68. The van der Waals surface area contributed by atoms with E-state index in [0.717, 1.165) is 16.7 Å². The van der Waals surface area contributed by atoms with Gasteiger partial charge in [-0.05, 0) is 30.3 Å². The van der Waals surface area contributed by atoms with Crippen LogP contribution in [-0.2, 0) is 11.3 Å². The highest BCUT2D eigenvalue weighted by Crippen LogP contribution is 2.09. The molecule has 1 N–H and O–H groups in total. The summed E-state index contributed by atoms with van der Waals surface area (Å²) in [4.78, 5) is 20.8. The van der Waals surface area contributed by atoms with E-state index < -0.39 is 0 Å². The highest BCUT2D eigenvalue weighted by atomic mass is 16.1. The number of aromatic nitrogens is 5. The molecular weight excluding hydrogens is 316 g/mol. The third kappa shape index (κ3) is 3.20. The molecule has 7 nitrogen and oxygen atoms in total. The first-order valence-corrected chi connectivity index (χ1v) is 7.76. The van der Waals surface area contributed by atoms with Crippen molar-refractivity contribution in [3.8, 4) is 0 Å². The van der Waals surface area contributed by atoms with E-state index in [1.54, 1.807) is 12.3 Å². The molecule has 0 aliphatic carbocycles. The Morgan fingerprint density at radius 1 is 1.08 bits per heavy atom. The van der Waals surface area contributed by atoms with Crippen LogP contribution in [0.25, 0.3) is 22.8 Å². The minimum atomic E-state index is -0.234. The maximum Gasteiger partial charge on any atom is 0.244 e. The fraction of sp³-hybridized carbons (Fsp3) is 0.0556. The lowest BCUT2D eigenvalue weighted by molar-refractivity contribution is -0.116. The molecule has 1 amide bonds. The van der Waals surface area contributed by atoms with Gasteiger partial charge in [-0.25, -0.2) is 4.98 Å². The van der Waals surface area contributed by atoms with Crippen LogP contribution in [0.15, 0.2) is 60.9 Å². The lowest BCUT2D eigenvalue weighted by Gasteiger charge is -2.01. The van der Waals surface area contributed by atoms with Crippen molar-refractivity contribution in [1.29, 1.82) is 0 Å². The van der Waals surface area contributed by atoms with Gasteiger partial charge in [-0.2, -0.15) is 0 Å². The van der Waals surface area contributed by atoms with E-state index in [-0.39, 0.29) is 12.5 Å². The Morgan fingerprint density at radius 3 is 2.84 bits per heavy atom. The molecule has 7 heteroatoms. The van der Waals surface area contributed by atoms with Gasteiger partial charge in [0.25, 0.3) is 0 Å². The Labute approximate surface area is 143 Å². The van der Waals surface area contributed by atoms with Crippen molar-refractivity contribution < 1.29 is 4.79 Å². The van der Waals surface area contributed by atoms with Crippen LogP contribution in [0.2, 0.25) is 0 Å². The van der Waals surface area contributed by atoms with Crippen LogP contribution >= 0.6 is 0 Å². The number of fused-ring (bicyclic) bond motifs is 2. The largest absolute Gasteiger partial charge is 0.345 e. The minimum absolute atomic E-state index is 0.234. The molecular formula is C18H14N6O. The molecule has 3 heterocycles. The van der Waals surface area contributed by atoms with Gasteiger partial charge in [-0.3, -0.25) is 14.2 Å². The first-order chi connectivity index (χ1) is 12.3. The van der Waals surface area contributed by atoms with Gasteiger partial charge in [0.05, 0.1) is 29.5 Å². The fourth-order valence-corrected chi connectivity index (χ4v) is 2.45. The van der Waals surface area contributed by atoms with Crippen molar-refractivity contribution in [2.45, 2.75) is 6.54 Å². The van der Waals surface area contributed by atoms with E-state index in [1.807, 2.05) is 53.1 Å². The second kappa shape index (κ2) is 6.48. The Hall–Kier alpha value is -3.61. The Morgan fingerprint density at radius 2 is 1.92 bits per heavy atom. The van der Waals surface area contributed by atoms with Crippen molar-refractivity contribution in [3.05, 3.63) is 72.5 Å². The topological polar surface area (TPSA) is 85.1 Å². The van der Waals surface area contributed by atoms with Crippen LogP contribution in [0, 0.1) is 0 Å². The molecule has 0 saturated carbocycles. The Bertz CT molecular complexity index is 1090. The summed E-state index contributed by atoms with van der Waals surface area (Å²) >= 11 is 0. The quantitative estimate of drug-likeness (QED) is 0.579. The predicted octanol–water partition coefficient (Wildman–Crippen LogP) is 2.00. The molecule has 0 spiro atoms. The molecule has 4 rings (SSSR count). The molecule has 3 aromatic heterocycles. The third-order valence-corrected chi connectivity index (χ3v) is 3.68. The second-order valence-electron chi connectivity index (χ2n) is 5.38. The molecule has 4 aromatic rings. The predicted molar refractivity (Wildman–Crippen MR) is 93.4 cm³/mol. The Balaban J connectivity index is 1.43. The monoisotopic (exact) mass is 330 g/mol. The Kier molecular flexibility index (Phi) is 3.88. The van der Waals surface area contributed by atoms with E-state index in [2.05, 4.69) is 25.5 Å². The number of carbonyl (C=O) groups excluding carboxylic acids is 1. The highest BCUT2D eigenvalue weighted by Gasteiger charge is 2.05. The summed E-state index contributed by atoms with van der Waals surface area (Å²) in [5, 5.41) is 10.9. The number of nitrogens with one attached hydrogen (secondary N) is 1. The summed E-state index contributed by atoms with van der Waals surface area (Å²) in [7, 11) is 0. The first kappa shape index (κ1) is 14.9. The van der Waals surface area contributed by atoms with Gasteiger partial charge in [-0.1, -0.05) is 18.2 Å². The van der Waals surface area contributed by atoms with E-state index in [1.165, 1.54) is 6.08 Å². The normalized spacial score (nSPS) is 11.4. The van der Waals surface area contributed by atoms with E-state index >= 15 is 0 Å². The molecule has 25 heavy (non-hydrogen) atoms. The van der Waals surface area contributed by atoms with Gasteiger partial charge in [0.15, 0.2) is 11.5 Å². The second-order valence-corrected chi connectivity index (χ2v) is 5.38. The average Bonchev–Trinajstić information content (AvgIpc) is 3.08. The molecule has 122 valence electrons. The van der Waals surface area contributed by atoms with E-state index in [9.17, 15) is 4.79 Å². The minimum Gasteiger partial charge on any atom is -0.345 e. The van der Waals surface area contributed by atoms with Crippen molar-refractivity contribution in [2.75, 3.05) is 0 Å². The number of hydrogen-bond acceptors (Lipinski definition) is 5. The molecule has 0 unspecified atom stereocenters. The maximum atomic E-state index is 12.0. The van der Waals surface area contributed by atoms with Gasteiger partial charge in [-0.15, -0.1) is 10.2 Å². The number of rotatable bonds is 4. The standard InChI is InChI=1S/C18H14N6O/c25-18(20-12-17-23-22-16-7-3-4-10-24(16)17)9-8-13-11-19-14-5-1-2-6-15(14)21-13/h1-11H,12H2,(H,20,25)/b9-8+. The fourth-order valence-electron chi connectivity index (χ4n) is 2.45. The van der Waals surface area contributed by atoms with Crippen LogP contribution in [0.3, 0.4) is 0 Å². The SMILES string of the molecule is O=C(/C=C/c1cnc2ccccc2n1)NCc1nnc2ccccn12. The van der Waals surface area contributed by atoms with Gasteiger partial charge < -0.3 is 5.32 Å². The molecule has 0 atom stereocenters. The van der Waals surface area contributed by atoms with Gasteiger partial charge in [0.2, 0.25) is 5.91 Å². The molecule has 0 aliphatic heterocycles. The number of hydrogen-bond donors (Lipinski definition) is 1. The van der Waals surface area contributed by atoms with E-state index in [0.29, 0.717) is 11.5 Å². The molecule has 1 aromatic carbocycles. The van der Waals surface area contributed by atoms with Crippen molar-refractivity contribution in [2.24, 2.45) is 0 Å². The van der Waals surface area contributed by atoms with Gasteiger partial charge in [0.1, 0.15) is 0 Å². The first-order valence-electron chi connectivity index (χ1n) is 7.76. The van der Waals surface area contributed by atoms with Crippen LogP contribution in [-0.4, -0.2) is 30.5 Å². The zero-order valence-corrected chi connectivity index (χ0v) is 13.2. The number of amides is 1. The molecule has 0 saturated heterocycles. The highest BCUT2D eigenvalue weighted by molar-refractivity contribution is 5.91. The molecule has 0 bridgehead atoms. The maximum absolute atomic E-state index is 12.0. The number of para-hydroxylation sites is 2.